The number of phenolic OH excluding ortho intramolecular Hbond substituents is 1. The standard InChI is InChI=1S/C25H37NO3/c1-6-7-8-9-12-24(2,3)17-14-20(27)22-18-13-16(23(26)28)10-11-19(18)25(4,5)29-21(22)15-17/h10,14-15,18-19,27H,6-9,11-13H2,1-5H3,(H2,26,28)/t18?,19-/m1/s1. The topological polar surface area (TPSA) is 72.6 Å². The van der Waals surface area contributed by atoms with Gasteiger partial charge in [-0.2, -0.15) is 0 Å². The van der Waals surface area contributed by atoms with Crippen LogP contribution in [-0.2, 0) is 10.2 Å². The molecule has 3 N–H and O–H groups in total. The van der Waals surface area contributed by atoms with Crippen LogP contribution in [0.4, 0.5) is 0 Å². The Morgan fingerprint density at radius 2 is 2.00 bits per heavy atom. The molecule has 1 aromatic carbocycles. The Morgan fingerprint density at radius 1 is 1.28 bits per heavy atom. The number of hydrogen-bond acceptors (Lipinski definition) is 3. The highest BCUT2D eigenvalue weighted by molar-refractivity contribution is 5.92. The molecule has 1 aromatic rings. The van der Waals surface area contributed by atoms with Crippen LogP contribution in [0.3, 0.4) is 0 Å². The van der Waals surface area contributed by atoms with Crippen LogP contribution in [0.25, 0.3) is 0 Å². The van der Waals surface area contributed by atoms with E-state index >= 15 is 0 Å². The quantitative estimate of drug-likeness (QED) is 0.576. The molecule has 0 aromatic heterocycles. The number of hydrogen-bond donors (Lipinski definition) is 2. The van der Waals surface area contributed by atoms with Gasteiger partial charge < -0.3 is 15.6 Å². The van der Waals surface area contributed by atoms with E-state index in [-0.39, 0.29) is 34.5 Å². The van der Waals surface area contributed by atoms with Gasteiger partial charge in [-0.15, -0.1) is 0 Å². The summed E-state index contributed by atoms with van der Waals surface area (Å²) in [6.07, 6.45) is 9.25. The second kappa shape index (κ2) is 8.04. The van der Waals surface area contributed by atoms with Gasteiger partial charge in [0.15, 0.2) is 0 Å². The van der Waals surface area contributed by atoms with E-state index in [0.717, 1.165) is 29.7 Å². The second-order valence-corrected chi connectivity index (χ2v) is 10.1. The fourth-order valence-corrected chi connectivity index (χ4v) is 5.13. The molecule has 0 saturated carbocycles. The first kappa shape index (κ1) is 21.7. The lowest BCUT2D eigenvalue weighted by Crippen LogP contribution is -2.46. The highest BCUT2D eigenvalue weighted by Gasteiger charge is 2.46. The average Bonchev–Trinajstić information content (AvgIpc) is 2.64. The van der Waals surface area contributed by atoms with Crippen LogP contribution in [0.5, 0.6) is 11.5 Å². The molecular weight excluding hydrogens is 362 g/mol. The van der Waals surface area contributed by atoms with Crippen molar-refractivity contribution in [3.05, 3.63) is 34.9 Å². The van der Waals surface area contributed by atoms with E-state index < -0.39 is 0 Å². The molecule has 0 saturated heterocycles. The molecule has 1 amide bonds. The molecule has 160 valence electrons. The summed E-state index contributed by atoms with van der Waals surface area (Å²) in [7, 11) is 0. The van der Waals surface area contributed by atoms with E-state index in [2.05, 4.69) is 40.7 Å². The van der Waals surface area contributed by atoms with Gasteiger partial charge in [0.25, 0.3) is 0 Å². The maximum atomic E-state index is 11.8. The van der Waals surface area contributed by atoms with Gasteiger partial charge in [0.2, 0.25) is 5.91 Å². The molecule has 0 bridgehead atoms. The lowest BCUT2D eigenvalue weighted by Gasteiger charge is -2.47. The van der Waals surface area contributed by atoms with Gasteiger partial charge in [-0.1, -0.05) is 52.5 Å². The van der Waals surface area contributed by atoms with Crippen molar-refractivity contribution in [3.8, 4) is 11.5 Å². The van der Waals surface area contributed by atoms with Crippen LogP contribution in [0, 0.1) is 5.92 Å². The van der Waals surface area contributed by atoms with Gasteiger partial charge in [-0.3, -0.25) is 4.79 Å². The molecule has 4 nitrogen and oxygen atoms in total. The number of ether oxygens (including phenoxy) is 1. The Balaban J connectivity index is 1.95. The van der Waals surface area contributed by atoms with E-state index in [1.807, 2.05) is 12.1 Å². The number of nitrogens with two attached hydrogens (primary N) is 1. The minimum Gasteiger partial charge on any atom is -0.508 e. The third-order valence-corrected chi connectivity index (χ3v) is 7.05. The zero-order chi connectivity index (χ0) is 21.4. The van der Waals surface area contributed by atoms with Gasteiger partial charge in [0.1, 0.15) is 17.1 Å². The number of fused-ring (bicyclic) bond motifs is 3. The molecule has 1 heterocycles. The minimum absolute atomic E-state index is 0.0323. The molecule has 0 spiro atoms. The number of unbranched alkanes of at least 4 members (excludes halogenated alkanes) is 3. The Morgan fingerprint density at radius 3 is 2.66 bits per heavy atom. The van der Waals surface area contributed by atoms with Gasteiger partial charge >= 0.3 is 0 Å². The molecule has 0 radical (unpaired) electrons. The largest absolute Gasteiger partial charge is 0.508 e. The molecule has 1 aliphatic heterocycles. The Hall–Kier alpha value is -1.97. The number of rotatable bonds is 7. The van der Waals surface area contributed by atoms with Crippen LogP contribution in [-0.4, -0.2) is 16.6 Å². The van der Waals surface area contributed by atoms with Crippen molar-refractivity contribution in [3.63, 3.8) is 0 Å². The van der Waals surface area contributed by atoms with E-state index in [1.54, 1.807) is 0 Å². The average molecular weight is 400 g/mol. The number of carbonyl (C=O) groups excluding carboxylic acids is 1. The maximum absolute atomic E-state index is 11.8. The van der Waals surface area contributed by atoms with Crippen molar-refractivity contribution in [2.24, 2.45) is 11.7 Å². The van der Waals surface area contributed by atoms with Gasteiger partial charge in [-0.25, -0.2) is 0 Å². The zero-order valence-corrected chi connectivity index (χ0v) is 18.7. The molecule has 3 rings (SSSR count). The van der Waals surface area contributed by atoms with E-state index in [0.29, 0.717) is 12.0 Å². The summed E-state index contributed by atoms with van der Waals surface area (Å²) in [5.74, 6) is 0.937. The number of aromatic hydroxyl groups is 1. The normalized spacial score (nSPS) is 22.9. The van der Waals surface area contributed by atoms with Crippen LogP contribution < -0.4 is 10.5 Å². The predicted octanol–water partition coefficient (Wildman–Crippen LogP) is 5.72. The van der Waals surface area contributed by atoms with Crippen molar-refractivity contribution >= 4 is 5.91 Å². The summed E-state index contributed by atoms with van der Waals surface area (Å²) in [5, 5.41) is 11.0. The van der Waals surface area contributed by atoms with Gasteiger partial charge in [0.05, 0.1) is 0 Å². The zero-order valence-electron chi connectivity index (χ0n) is 18.7. The highest BCUT2D eigenvalue weighted by Crippen LogP contribution is 2.55. The highest BCUT2D eigenvalue weighted by atomic mass is 16.5. The first-order valence-electron chi connectivity index (χ1n) is 11.1. The Bertz CT molecular complexity index is 807. The van der Waals surface area contributed by atoms with Crippen LogP contribution in [0.15, 0.2) is 23.8 Å². The Labute approximate surface area is 175 Å². The smallest absolute Gasteiger partial charge is 0.244 e. The van der Waals surface area contributed by atoms with Gasteiger partial charge in [-0.05, 0) is 56.2 Å². The van der Waals surface area contributed by atoms with Crippen molar-refractivity contribution in [2.45, 2.75) is 96.5 Å². The molecule has 29 heavy (non-hydrogen) atoms. The number of carbonyl (C=O) groups is 1. The predicted molar refractivity (Wildman–Crippen MR) is 117 cm³/mol. The molecule has 4 heteroatoms. The minimum atomic E-state index is -0.367. The van der Waals surface area contributed by atoms with Crippen molar-refractivity contribution in [2.75, 3.05) is 0 Å². The lowest BCUT2D eigenvalue weighted by atomic mass is 9.66. The SMILES string of the molecule is CCCCCCC(C)(C)c1cc(O)c2c(c1)OC(C)(C)[C@@H]1CC=C(C(N)=O)CC21. The molecule has 1 aliphatic carbocycles. The third kappa shape index (κ3) is 4.31. The number of allylic oxidation sites excluding steroid dienone is 1. The van der Waals surface area contributed by atoms with Crippen LogP contribution in [0.1, 0.15) is 96.6 Å². The number of amides is 1. The second-order valence-electron chi connectivity index (χ2n) is 10.1. The lowest BCUT2D eigenvalue weighted by molar-refractivity contribution is -0.115. The molecule has 0 fully saturated rings. The summed E-state index contributed by atoms with van der Waals surface area (Å²) in [6, 6.07) is 4.04. The molecule has 2 aliphatic rings. The van der Waals surface area contributed by atoms with Crippen molar-refractivity contribution in [1.82, 2.24) is 0 Å². The first-order valence-corrected chi connectivity index (χ1v) is 11.1. The molecule has 1 unspecified atom stereocenters. The summed E-state index contributed by atoms with van der Waals surface area (Å²) in [6.45, 7) is 10.9. The van der Waals surface area contributed by atoms with E-state index in [9.17, 15) is 9.90 Å². The van der Waals surface area contributed by atoms with E-state index in [4.69, 9.17) is 10.5 Å². The van der Waals surface area contributed by atoms with Crippen LogP contribution >= 0.6 is 0 Å². The summed E-state index contributed by atoms with van der Waals surface area (Å²) in [4.78, 5) is 11.8. The Kier molecular flexibility index (Phi) is 6.03. The van der Waals surface area contributed by atoms with Gasteiger partial charge in [0, 0.05) is 23.0 Å². The first-order chi connectivity index (χ1) is 13.6. The molecule has 2 atom stereocenters. The van der Waals surface area contributed by atoms with Crippen molar-refractivity contribution < 1.29 is 14.6 Å². The number of phenols is 1. The summed E-state index contributed by atoms with van der Waals surface area (Å²) >= 11 is 0. The van der Waals surface area contributed by atoms with Crippen LogP contribution in [0.2, 0.25) is 0 Å². The number of benzene rings is 1. The third-order valence-electron chi connectivity index (χ3n) is 7.05. The summed E-state index contributed by atoms with van der Waals surface area (Å²) < 4.78 is 6.44. The maximum Gasteiger partial charge on any atom is 0.244 e. The fraction of sp³-hybridized carbons (Fsp3) is 0.640. The summed E-state index contributed by atoms with van der Waals surface area (Å²) in [5.41, 5.74) is 7.78. The van der Waals surface area contributed by atoms with Crippen molar-refractivity contribution in [1.29, 1.82) is 0 Å². The fourth-order valence-electron chi connectivity index (χ4n) is 5.13. The molecular formula is C25H37NO3. The van der Waals surface area contributed by atoms with E-state index in [1.165, 1.54) is 25.7 Å². The monoisotopic (exact) mass is 399 g/mol. The number of primary amides is 1.